The average Bonchev–Trinajstić information content (AvgIpc) is 3.18. The van der Waals surface area contributed by atoms with Gasteiger partial charge in [-0.1, -0.05) is 91.2 Å². The van der Waals surface area contributed by atoms with Gasteiger partial charge in [-0.3, -0.25) is 9.36 Å². The number of ketones is 1. The Balaban J connectivity index is 1.58. The molecule has 144 valence electrons. The summed E-state index contributed by atoms with van der Waals surface area (Å²) < 4.78 is 2.28. The summed E-state index contributed by atoms with van der Waals surface area (Å²) in [5.74, 6) is 1.42. The highest BCUT2D eigenvalue weighted by molar-refractivity contribution is 7.99. The molecule has 0 atom stereocenters. The molecule has 0 amide bonds. The van der Waals surface area contributed by atoms with Gasteiger partial charge in [-0.15, -0.1) is 10.2 Å². The van der Waals surface area contributed by atoms with Gasteiger partial charge in [0.15, 0.2) is 16.8 Å². The van der Waals surface area contributed by atoms with Crippen molar-refractivity contribution in [3.8, 4) is 11.4 Å². The average molecular weight is 392 g/mol. The first kappa shape index (κ1) is 18.9. The minimum atomic E-state index is 0.129. The minimum absolute atomic E-state index is 0.129. The summed E-state index contributed by atoms with van der Waals surface area (Å²) in [5, 5.41) is 9.83. The van der Waals surface area contributed by atoms with E-state index in [0.717, 1.165) is 40.5 Å². The number of hydrogen-bond donors (Lipinski definition) is 0. The summed E-state index contributed by atoms with van der Waals surface area (Å²) in [6.07, 6.45) is 6.08. The van der Waals surface area contributed by atoms with Crippen LogP contribution in [0.2, 0.25) is 0 Å². The molecule has 0 spiro atoms. The zero-order valence-corrected chi connectivity index (χ0v) is 17.0. The van der Waals surface area contributed by atoms with Crippen LogP contribution in [-0.4, -0.2) is 26.3 Å². The second-order valence-electron chi connectivity index (χ2n) is 7.41. The largest absolute Gasteiger partial charge is 0.299 e. The van der Waals surface area contributed by atoms with Crippen molar-refractivity contribution in [2.45, 2.75) is 50.2 Å². The zero-order valence-electron chi connectivity index (χ0n) is 16.2. The lowest BCUT2D eigenvalue weighted by molar-refractivity contribution is 0.102. The van der Waals surface area contributed by atoms with E-state index in [-0.39, 0.29) is 5.78 Å². The van der Waals surface area contributed by atoms with Crippen molar-refractivity contribution in [1.82, 2.24) is 14.8 Å². The molecule has 4 nitrogen and oxygen atoms in total. The summed E-state index contributed by atoms with van der Waals surface area (Å²) in [7, 11) is 0. The van der Waals surface area contributed by atoms with E-state index in [1.54, 1.807) is 0 Å². The van der Waals surface area contributed by atoms with E-state index in [2.05, 4.69) is 26.9 Å². The summed E-state index contributed by atoms with van der Waals surface area (Å²) in [5.41, 5.74) is 3.00. The molecule has 1 aliphatic rings. The molecule has 1 heterocycles. The summed E-state index contributed by atoms with van der Waals surface area (Å²) >= 11 is 1.50. The van der Waals surface area contributed by atoms with Crippen molar-refractivity contribution in [3.05, 3.63) is 65.7 Å². The van der Waals surface area contributed by atoms with Crippen molar-refractivity contribution >= 4 is 17.5 Å². The standard InChI is InChI=1S/C23H25N3OS/c1-17-12-14-18(15-13-17)21(27)16-28-23-25-24-22(19-8-4-2-5-9-19)26(23)20-10-6-3-7-11-20/h2,4-5,8-9,12-15,20H,3,6-7,10-11,16H2,1H3. The Morgan fingerprint density at radius 1 is 1.00 bits per heavy atom. The fourth-order valence-corrected chi connectivity index (χ4v) is 4.68. The minimum Gasteiger partial charge on any atom is -0.299 e. The molecule has 0 saturated heterocycles. The van der Waals surface area contributed by atoms with Gasteiger partial charge >= 0.3 is 0 Å². The lowest BCUT2D eigenvalue weighted by atomic mass is 9.95. The van der Waals surface area contributed by atoms with Crippen LogP contribution in [0.5, 0.6) is 0 Å². The van der Waals surface area contributed by atoms with E-state index in [0.29, 0.717) is 11.8 Å². The Hall–Kier alpha value is -2.40. The molecule has 0 unspecified atom stereocenters. The molecule has 1 aliphatic carbocycles. The summed E-state index contributed by atoms with van der Waals surface area (Å²) in [4.78, 5) is 12.6. The van der Waals surface area contributed by atoms with Gasteiger partial charge < -0.3 is 0 Å². The van der Waals surface area contributed by atoms with Crippen LogP contribution >= 0.6 is 11.8 Å². The number of Topliss-reactive ketones (excluding diaryl/α,β-unsaturated/α-hetero) is 1. The van der Waals surface area contributed by atoms with Gasteiger partial charge in [0.1, 0.15) is 0 Å². The van der Waals surface area contributed by atoms with Crippen LogP contribution in [0, 0.1) is 6.92 Å². The van der Waals surface area contributed by atoms with E-state index >= 15 is 0 Å². The van der Waals surface area contributed by atoms with Gasteiger partial charge in [0.2, 0.25) is 0 Å². The first-order chi connectivity index (χ1) is 13.7. The first-order valence-electron chi connectivity index (χ1n) is 9.95. The van der Waals surface area contributed by atoms with Gasteiger partial charge in [-0.05, 0) is 19.8 Å². The Labute approximate surface area is 170 Å². The van der Waals surface area contributed by atoms with Crippen LogP contribution < -0.4 is 0 Å². The van der Waals surface area contributed by atoms with Gasteiger partial charge in [-0.25, -0.2) is 0 Å². The van der Waals surface area contributed by atoms with Gasteiger partial charge in [-0.2, -0.15) is 0 Å². The molecule has 4 rings (SSSR count). The number of thioether (sulfide) groups is 1. The Bertz CT molecular complexity index is 928. The monoisotopic (exact) mass is 391 g/mol. The number of rotatable bonds is 6. The molecule has 0 radical (unpaired) electrons. The molecule has 1 fully saturated rings. The molecule has 1 aromatic heterocycles. The zero-order chi connectivity index (χ0) is 19.3. The maximum Gasteiger partial charge on any atom is 0.192 e. The van der Waals surface area contributed by atoms with Crippen molar-refractivity contribution in [1.29, 1.82) is 0 Å². The van der Waals surface area contributed by atoms with Crippen molar-refractivity contribution < 1.29 is 4.79 Å². The van der Waals surface area contributed by atoms with Gasteiger partial charge in [0, 0.05) is 17.2 Å². The highest BCUT2D eigenvalue weighted by Crippen LogP contribution is 2.35. The summed E-state index contributed by atoms with van der Waals surface area (Å²) in [6, 6.07) is 18.4. The van der Waals surface area contributed by atoms with Gasteiger partial charge in [0.25, 0.3) is 0 Å². The topological polar surface area (TPSA) is 47.8 Å². The van der Waals surface area contributed by atoms with Gasteiger partial charge in [0.05, 0.1) is 5.75 Å². The quantitative estimate of drug-likeness (QED) is 0.397. The second-order valence-corrected chi connectivity index (χ2v) is 8.35. The van der Waals surface area contributed by atoms with E-state index < -0.39 is 0 Å². The Kier molecular flexibility index (Phi) is 5.91. The smallest absolute Gasteiger partial charge is 0.192 e. The second kappa shape index (κ2) is 8.74. The molecular weight excluding hydrogens is 366 g/mol. The number of benzene rings is 2. The fourth-order valence-electron chi connectivity index (χ4n) is 3.78. The molecular formula is C23H25N3OS. The number of carbonyl (C=O) groups excluding carboxylic acids is 1. The normalized spacial score (nSPS) is 14.9. The molecule has 1 saturated carbocycles. The number of nitrogens with zero attached hydrogens (tertiary/aromatic N) is 3. The van der Waals surface area contributed by atoms with Crippen molar-refractivity contribution in [2.75, 3.05) is 5.75 Å². The number of hydrogen-bond acceptors (Lipinski definition) is 4. The Morgan fingerprint density at radius 2 is 1.71 bits per heavy atom. The lowest BCUT2D eigenvalue weighted by Gasteiger charge is -2.25. The summed E-state index contributed by atoms with van der Waals surface area (Å²) in [6.45, 7) is 2.03. The van der Waals surface area contributed by atoms with Crippen LogP contribution in [-0.2, 0) is 0 Å². The highest BCUT2D eigenvalue weighted by atomic mass is 32.2. The van der Waals surface area contributed by atoms with Crippen molar-refractivity contribution in [2.24, 2.45) is 0 Å². The fraction of sp³-hybridized carbons (Fsp3) is 0.348. The number of carbonyl (C=O) groups is 1. The third-order valence-corrected chi connectivity index (χ3v) is 6.29. The van der Waals surface area contributed by atoms with E-state index in [1.165, 1.54) is 31.0 Å². The SMILES string of the molecule is Cc1ccc(C(=O)CSc2nnc(-c3ccccc3)n2C2CCCCC2)cc1. The highest BCUT2D eigenvalue weighted by Gasteiger charge is 2.24. The van der Waals surface area contributed by atoms with Crippen LogP contribution in [0.15, 0.2) is 59.8 Å². The Morgan fingerprint density at radius 3 is 2.43 bits per heavy atom. The predicted octanol–water partition coefficient (Wildman–Crippen LogP) is 5.73. The third-order valence-electron chi connectivity index (χ3n) is 5.34. The van der Waals surface area contributed by atoms with Crippen molar-refractivity contribution in [3.63, 3.8) is 0 Å². The van der Waals surface area contributed by atoms with E-state index in [9.17, 15) is 4.79 Å². The number of aromatic nitrogens is 3. The molecule has 0 N–H and O–H groups in total. The predicted molar refractivity (Wildman–Crippen MR) is 114 cm³/mol. The number of aryl methyl sites for hydroxylation is 1. The first-order valence-corrected chi connectivity index (χ1v) is 10.9. The molecule has 2 aromatic carbocycles. The third kappa shape index (κ3) is 4.20. The molecule has 3 aromatic rings. The van der Waals surface area contributed by atoms with E-state index in [4.69, 9.17) is 0 Å². The van der Waals surface area contributed by atoms with Crippen LogP contribution in [0.1, 0.15) is 54.1 Å². The molecule has 5 heteroatoms. The maximum absolute atomic E-state index is 12.6. The van der Waals surface area contributed by atoms with E-state index in [1.807, 2.05) is 49.4 Å². The van der Waals surface area contributed by atoms with Crippen LogP contribution in [0.4, 0.5) is 0 Å². The van der Waals surface area contributed by atoms with Crippen LogP contribution in [0.3, 0.4) is 0 Å². The lowest BCUT2D eigenvalue weighted by Crippen LogP contribution is -2.15. The molecule has 28 heavy (non-hydrogen) atoms. The molecule has 0 aliphatic heterocycles. The molecule has 0 bridgehead atoms. The maximum atomic E-state index is 12.6. The van der Waals surface area contributed by atoms with Crippen LogP contribution in [0.25, 0.3) is 11.4 Å².